The number of nitrogens with zero attached hydrogens (tertiary/aromatic N) is 1. The molecular formula is C12H16ClNO2S. The average Bonchev–Trinajstić information content (AvgIpc) is 3.12. The Balaban J connectivity index is 2.29. The lowest BCUT2D eigenvalue weighted by Gasteiger charge is -2.18. The van der Waals surface area contributed by atoms with E-state index in [1.54, 1.807) is 31.3 Å². The predicted molar refractivity (Wildman–Crippen MR) is 68.5 cm³/mol. The quantitative estimate of drug-likeness (QED) is 0.773. The van der Waals surface area contributed by atoms with Gasteiger partial charge in [-0.3, -0.25) is 0 Å². The first-order valence-electron chi connectivity index (χ1n) is 5.66. The van der Waals surface area contributed by atoms with Gasteiger partial charge in [0.1, 0.15) is 0 Å². The van der Waals surface area contributed by atoms with Gasteiger partial charge in [0.25, 0.3) is 0 Å². The minimum absolute atomic E-state index is 0.215. The van der Waals surface area contributed by atoms with E-state index in [0.717, 1.165) is 12.8 Å². The number of alkyl halides is 1. The van der Waals surface area contributed by atoms with E-state index in [-0.39, 0.29) is 5.88 Å². The molecule has 0 spiro atoms. The van der Waals surface area contributed by atoms with E-state index in [1.165, 1.54) is 4.31 Å². The maximum absolute atomic E-state index is 12.3. The second-order valence-corrected chi connectivity index (χ2v) is 6.75. The molecule has 1 saturated carbocycles. The third-order valence-corrected chi connectivity index (χ3v) is 5.23. The molecule has 94 valence electrons. The molecule has 1 aliphatic rings. The second kappa shape index (κ2) is 4.96. The van der Waals surface area contributed by atoms with Crippen LogP contribution in [0.25, 0.3) is 0 Å². The molecule has 5 heteroatoms. The van der Waals surface area contributed by atoms with E-state index >= 15 is 0 Å². The van der Waals surface area contributed by atoms with Crippen molar-refractivity contribution in [2.24, 2.45) is 5.92 Å². The van der Waals surface area contributed by atoms with Gasteiger partial charge in [0.15, 0.2) is 0 Å². The SMILES string of the molecule is CN(CC1CC1)S(=O)(=O)c1ccccc1CCl. The zero-order valence-electron chi connectivity index (χ0n) is 9.77. The number of hydrogen-bond acceptors (Lipinski definition) is 2. The lowest BCUT2D eigenvalue weighted by atomic mass is 10.2. The topological polar surface area (TPSA) is 37.4 Å². The van der Waals surface area contributed by atoms with Crippen molar-refractivity contribution in [3.63, 3.8) is 0 Å². The number of sulfonamides is 1. The summed E-state index contributed by atoms with van der Waals surface area (Å²) in [7, 11) is -1.75. The molecule has 1 aromatic rings. The average molecular weight is 274 g/mol. The zero-order valence-corrected chi connectivity index (χ0v) is 11.3. The molecule has 0 atom stereocenters. The normalized spacial score (nSPS) is 16.4. The summed E-state index contributed by atoms with van der Waals surface area (Å²) in [4.78, 5) is 0.332. The molecule has 0 bridgehead atoms. The summed E-state index contributed by atoms with van der Waals surface area (Å²) in [5.41, 5.74) is 0.664. The monoisotopic (exact) mass is 273 g/mol. The van der Waals surface area contributed by atoms with E-state index < -0.39 is 10.0 Å². The van der Waals surface area contributed by atoms with Crippen LogP contribution in [0.2, 0.25) is 0 Å². The van der Waals surface area contributed by atoms with Crippen LogP contribution >= 0.6 is 11.6 Å². The minimum atomic E-state index is -3.39. The molecule has 0 N–H and O–H groups in total. The lowest BCUT2D eigenvalue weighted by Crippen LogP contribution is -2.29. The maximum atomic E-state index is 12.3. The van der Waals surface area contributed by atoms with Crippen molar-refractivity contribution in [2.75, 3.05) is 13.6 Å². The number of halogens is 1. The molecule has 0 aliphatic heterocycles. The van der Waals surface area contributed by atoms with Crippen LogP contribution < -0.4 is 0 Å². The first-order chi connectivity index (χ1) is 8.05. The summed E-state index contributed by atoms with van der Waals surface area (Å²) >= 11 is 5.78. The molecule has 17 heavy (non-hydrogen) atoms. The summed E-state index contributed by atoms with van der Waals surface area (Å²) in [6.45, 7) is 0.610. The number of rotatable bonds is 5. The second-order valence-electron chi connectivity index (χ2n) is 4.47. The molecule has 1 aromatic carbocycles. The highest BCUT2D eigenvalue weighted by Gasteiger charge is 2.30. The number of benzene rings is 1. The van der Waals surface area contributed by atoms with Gasteiger partial charge in [0.05, 0.1) is 4.90 Å². The Kier molecular flexibility index (Phi) is 3.76. The molecule has 1 aliphatic carbocycles. The molecule has 3 nitrogen and oxygen atoms in total. The molecule has 0 aromatic heterocycles. The Morgan fingerprint density at radius 3 is 2.59 bits per heavy atom. The van der Waals surface area contributed by atoms with Gasteiger partial charge >= 0.3 is 0 Å². The Morgan fingerprint density at radius 1 is 1.35 bits per heavy atom. The van der Waals surface area contributed by atoms with Crippen LogP contribution in [0.3, 0.4) is 0 Å². The van der Waals surface area contributed by atoms with Crippen molar-refractivity contribution < 1.29 is 8.42 Å². The van der Waals surface area contributed by atoms with Crippen LogP contribution in [0.4, 0.5) is 0 Å². The van der Waals surface area contributed by atoms with E-state index in [4.69, 9.17) is 11.6 Å². The fourth-order valence-corrected chi connectivity index (χ4v) is 3.57. The molecule has 0 saturated heterocycles. The molecule has 2 rings (SSSR count). The van der Waals surface area contributed by atoms with Crippen LogP contribution in [-0.4, -0.2) is 26.3 Å². The number of hydrogen-bond donors (Lipinski definition) is 0. The van der Waals surface area contributed by atoms with Gasteiger partial charge < -0.3 is 0 Å². The Hall–Kier alpha value is -0.580. The Morgan fingerprint density at radius 2 is 2.00 bits per heavy atom. The highest BCUT2D eigenvalue weighted by atomic mass is 35.5. The van der Waals surface area contributed by atoms with Crippen LogP contribution in [-0.2, 0) is 15.9 Å². The summed E-state index contributed by atoms with van der Waals surface area (Å²) in [5.74, 6) is 0.755. The third-order valence-electron chi connectivity index (χ3n) is 3.02. The van der Waals surface area contributed by atoms with Crippen LogP contribution in [0.1, 0.15) is 18.4 Å². The largest absolute Gasteiger partial charge is 0.243 e. The highest BCUT2D eigenvalue weighted by Crippen LogP contribution is 2.31. The zero-order chi connectivity index (χ0) is 12.5. The molecule has 0 heterocycles. The highest BCUT2D eigenvalue weighted by molar-refractivity contribution is 7.89. The van der Waals surface area contributed by atoms with Crippen molar-refractivity contribution in [1.82, 2.24) is 4.31 Å². The van der Waals surface area contributed by atoms with Gasteiger partial charge in [-0.05, 0) is 30.4 Å². The first kappa shape index (κ1) is 12.9. The minimum Gasteiger partial charge on any atom is -0.207 e. The standard InChI is InChI=1S/C12H16ClNO2S/c1-14(9-10-6-7-10)17(15,16)12-5-3-2-4-11(12)8-13/h2-5,10H,6-9H2,1H3. The van der Waals surface area contributed by atoms with Crippen molar-refractivity contribution in [3.8, 4) is 0 Å². The Labute approximate surface area is 107 Å². The summed E-state index contributed by atoms with van der Waals surface area (Å²) in [6, 6.07) is 6.91. The van der Waals surface area contributed by atoms with E-state index in [2.05, 4.69) is 0 Å². The fourth-order valence-electron chi connectivity index (χ4n) is 1.80. The molecule has 0 unspecified atom stereocenters. The van der Waals surface area contributed by atoms with E-state index in [1.807, 2.05) is 0 Å². The van der Waals surface area contributed by atoms with Crippen LogP contribution in [0.15, 0.2) is 29.2 Å². The van der Waals surface area contributed by atoms with Gasteiger partial charge in [-0.25, -0.2) is 12.7 Å². The van der Waals surface area contributed by atoms with Gasteiger partial charge in [-0.2, -0.15) is 0 Å². The molecular weight excluding hydrogens is 258 g/mol. The maximum Gasteiger partial charge on any atom is 0.243 e. The van der Waals surface area contributed by atoms with Crippen molar-refractivity contribution in [1.29, 1.82) is 0 Å². The van der Waals surface area contributed by atoms with Gasteiger partial charge in [-0.1, -0.05) is 18.2 Å². The van der Waals surface area contributed by atoms with E-state index in [9.17, 15) is 8.42 Å². The first-order valence-corrected chi connectivity index (χ1v) is 7.63. The summed E-state index contributed by atoms with van der Waals surface area (Å²) in [6.07, 6.45) is 2.27. The van der Waals surface area contributed by atoms with Gasteiger partial charge in [0, 0.05) is 19.5 Å². The molecule has 0 radical (unpaired) electrons. The summed E-state index contributed by atoms with van der Waals surface area (Å²) in [5, 5.41) is 0. The van der Waals surface area contributed by atoms with E-state index in [0.29, 0.717) is 22.9 Å². The molecule has 1 fully saturated rings. The predicted octanol–water partition coefficient (Wildman–Crippen LogP) is 2.46. The smallest absolute Gasteiger partial charge is 0.207 e. The van der Waals surface area contributed by atoms with Crippen molar-refractivity contribution in [3.05, 3.63) is 29.8 Å². The molecule has 0 amide bonds. The third kappa shape index (κ3) is 2.81. The van der Waals surface area contributed by atoms with Crippen LogP contribution in [0, 0.1) is 5.92 Å². The fraction of sp³-hybridized carbons (Fsp3) is 0.500. The van der Waals surface area contributed by atoms with Crippen LogP contribution in [0.5, 0.6) is 0 Å². The lowest BCUT2D eigenvalue weighted by molar-refractivity contribution is 0.452. The van der Waals surface area contributed by atoms with Gasteiger partial charge in [-0.15, -0.1) is 11.6 Å². The Bertz CT molecular complexity index is 497. The van der Waals surface area contributed by atoms with Crippen molar-refractivity contribution in [2.45, 2.75) is 23.6 Å². The van der Waals surface area contributed by atoms with Gasteiger partial charge in [0.2, 0.25) is 10.0 Å². The van der Waals surface area contributed by atoms with Crippen molar-refractivity contribution >= 4 is 21.6 Å². The summed E-state index contributed by atoms with van der Waals surface area (Å²) < 4.78 is 26.1.